The van der Waals surface area contributed by atoms with Crippen molar-refractivity contribution in [2.75, 3.05) is 4.72 Å². The van der Waals surface area contributed by atoms with Gasteiger partial charge in [-0.2, -0.15) is 18.6 Å². The van der Waals surface area contributed by atoms with Gasteiger partial charge in [0, 0.05) is 32.4 Å². The molecule has 0 bridgehead atoms. The van der Waals surface area contributed by atoms with Crippen LogP contribution in [0.25, 0.3) is 0 Å². The molecule has 0 aliphatic carbocycles. The zero-order valence-electron chi connectivity index (χ0n) is 10.0. The molecule has 0 spiro atoms. The van der Waals surface area contributed by atoms with Gasteiger partial charge >= 0.3 is 0 Å². The molecule has 2 aromatic rings. The highest BCUT2D eigenvalue weighted by Gasteiger charge is 2.20. The minimum atomic E-state index is -3.70. The number of nitrogens with zero attached hydrogens (tertiary/aromatic N) is 4. The Labute approximate surface area is 104 Å². The van der Waals surface area contributed by atoms with E-state index in [4.69, 9.17) is 5.73 Å². The van der Waals surface area contributed by atoms with Gasteiger partial charge in [0.05, 0.1) is 6.20 Å². The maximum Gasteiger partial charge on any atom is 0.280 e. The fraction of sp³-hybridized carbons (Fsp3) is 0.333. The van der Waals surface area contributed by atoms with Crippen molar-refractivity contribution in [1.82, 2.24) is 19.6 Å². The molecular formula is C9H14N6O2S. The van der Waals surface area contributed by atoms with E-state index < -0.39 is 10.0 Å². The van der Waals surface area contributed by atoms with Gasteiger partial charge in [-0.1, -0.05) is 0 Å². The Morgan fingerprint density at radius 1 is 1.44 bits per heavy atom. The Bertz CT molecular complexity index is 656. The number of hydrogen-bond donors (Lipinski definition) is 2. The lowest BCUT2D eigenvalue weighted by atomic mass is 10.3. The predicted molar refractivity (Wildman–Crippen MR) is 65.1 cm³/mol. The number of anilines is 1. The van der Waals surface area contributed by atoms with Gasteiger partial charge in [-0.25, -0.2) is 0 Å². The Morgan fingerprint density at radius 3 is 2.72 bits per heavy atom. The lowest BCUT2D eigenvalue weighted by molar-refractivity contribution is 0.581. The van der Waals surface area contributed by atoms with Crippen molar-refractivity contribution in [2.45, 2.75) is 11.6 Å². The molecule has 2 rings (SSSR count). The first-order valence-corrected chi connectivity index (χ1v) is 6.66. The first-order chi connectivity index (χ1) is 8.44. The van der Waals surface area contributed by atoms with Gasteiger partial charge in [0.25, 0.3) is 10.0 Å². The summed E-state index contributed by atoms with van der Waals surface area (Å²) in [5.74, 6) is 0.237. The van der Waals surface area contributed by atoms with Crippen molar-refractivity contribution in [2.24, 2.45) is 19.8 Å². The van der Waals surface area contributed by atoms with Crippen molar-refractivity contribution >= 4 is 15.8 Å². The lowest BCUT2D eigenvalue weighted by Crippen LogP contribution is -2.18. The summed E-state index contributed by atoms with van der Waals surface area (Å²) in [6.45, 7) is 0.205. The molecular weight excluding hydrogens is 256 g/mol. The highest BCUT2D eigenvalue weighted by atomic mass is 32.2. The summed E-state index contributed by atoms with van der Waals surface area (Å²) < 4.78 is 29.4. The summed E-state index contributed by atoms with van der Waals surface area (Å²) >= 11 is 0. The second-order valence-corrected chi connectivity index (χ2v) is 5.41. The van der Waals surface area contributed by atoms with Gasteiger partial charge in [0.15, 0.2) is 10.8 Å². The third-order valence-corrected chi connectivity index (χ3v) is 3.82. The molecule has 2 heterocycles. The molecule has 0 aromatic carbocycles. The lowest BCUT2D eigenvalue weighted by Gasteiger charge is -2.06. The molecule has 3 N–H and O–H groups in total. The van der Waals surface area contributed by atoms with Gasteiger partial charge in [-0.05, 0) is 6.07 Å². The third kappa shape index (κ3) is 2.22. The largest absolute Gasteiger partial charge is 0.326 e. The standard InChI is InChI=1S/C9H14N6O2S/c1-14-6-7(5-10)9(12-14)13-18(16,17)8-3-4-11-15(8)2/h3-4,6H,5,10H2,1-2H3,(H,12,13). The first-order valence-electron chi connectivity index (χ1n) is 5.17. The Morgan fingerprint density at radius 2 is 2.17 bits per heavy atom. The number of aromatic nitrogens is 4. The van der Waals surface area contributed by atoms with Crippen LogP contribution in [0.5, 0.6) is 0 Å². The van der Waals surface area contributed by atoms with E-state index in [1.165, 1.54) is 21.6 Å². The van der Waals surface area contributed by atoms with E-state index >= 15 is 0 Å². The summed E-state index contributed by atoms with van der Waals surface area (Å²) in [6.07, 6.45) is 3.08. The summed E-state index contributed by atoms with van der Waals surface area (Å²) in [6, 6.07) is 1.41. The number of sulfonamides is 1. The van der Waals surface area contributed by atoms with Crippen LogP contribution in [0.4, 0.5) is 5.82 Å². The van der Waals surface area contributed by atoms with Crippen molar-refractivity contribution in [3.63, 3.8) is 0 Å². The summed E-state index contributed by atoms with van der Waals surface area (Å²) in [7, 11) is -0.453. The van der Waals surface area contributed by atoms with E-state index in [0.717, 1.165) is 0 Å². The highest BCUT2D eigenvalue weighted by Crippen LogP contribution is 2.17. The second kappa shape index (κ2) is 4.42. The van der Waals surface area contributed by atoms with Crippen LogP contribution in [0.2, 0.25) is 0 Å². The Kier molecular flexibility index (Phi) is 3.09. The van der Waals surface area contributed by atoms with Crippen LogP contribution in [-0.2, 0) is 30.7 Å². The topological polar surface area (TPSA) is 108 Å². The zero-order valence-corrected chi connectivity index (χ0v) is 10.8. The summed E-state index contributed by atoms with van der Waals surface area (Å²) in [5.41, 5.74) is 6.15. The SMILES string of the molecule is Cn1cc(CN)c(NS(=O)(=O)c2ccnn2C)n1. The normalized spacial score (nSPS) is 11.7. The van der Waals surface area contributed by atoms with E-state index in [2.05, 4.69) is 14.9 Å². The fourth-order valence-electron chi connectivity index (χ4n) is 1.58. The van der Waals surface area contributed by atoms with Gasteiger partial charge in [-0.3, -0.25) is 14.1 Å². The van der Waals surface area contributed by atoms with Gasteiger partial charge in [0.2, 0.25) is 0 Å². The van der Waals surface area contributed by atoms with Gasteiger partial charge < -0.3 is 5.73 Å². The molecule has 9 heteroatoms. The predicted octanol–water partition coefficient (Wildman–Crippen LogP) is -0.587. The minimum Gasteiger partial charge on any atom is -0.326 e. The van der Waals surface area contributed by atoms with Crippen molar-refractivity contribution in [3.05, 3.63) is 24.0 Å². The summed E-state index contributed by atoms with van der Waals surface area (Å²) in [4.78, 5) is 0. The smallest absolute Gasteiger partial charge is 0.280 e. The number of hydrogen-bond acceptors (Lipinski definition) is 5. The zero-order chi connectivity index (χ0) is 13.3. The van der Waals surface area contributed by atoms with E-state index in [9.17, 15) is 8.42 Å². The molecule has 0 radical (unpaired) electrons. The molecule has 0 amide bonds. The Hall–Kier alpha value is -1.87. The highest BCUT2D eigenvalue weighted by molar-refractivity contribution is 7.92. The van der Waals surface area contributed by atoms with Crippen LogP contribution in [0.3, 0.4) is 0 Å². The monoisotopic (exact) mass is 270 g/mol. The second-order valence-electron chi connectivity index (χ2n) is 3.78. The molecule has 2 aromatic heterocycles. The average Bonchev–Trinajstić information content (AvgIpc) is 2.84. The molecule has 18 heavy (non-hydrogen) atoms. The van der Waals surface area contributed by atoms with Crippen LogP contribution in [0.15, 0.2) is 23.5 Å². The van der Waals surface area contributed by atoms with Gasteiger partial charge in [-0.15, -0.1) is 0 Å². The molecule has 0 fully saturated rings. The minimum absolute atomic E-state index is 0.0659. The van der Waals surface area contributed by atoms with E-state index in [1.807, 2.05) is 0 Å². The van der Waals surface area contributed by atoms with Crippen molar-refractivity contribution in [3.8, 4) is 0 Å². The number of rotatable bonds is 4. The van der Waals surface area contributed by atoms with E-state index in [1.54, 1.807) is 20.3 Å². The van der Waals surface area contributed by atoms with Crippen LogP contribution in [0.1, 0.15) is 5.56 Å². The molecule has 98 valence electrons. The molecule has 0 aliphatic heterocycles. The van der Waals surface area contributed by atoms with Crippen molar-refractivity contribution in [1.29, 1.82) is 0 Å². The number of nitrogens with two attached hydrogens (primary N) is 1. The quantitative estimate of drug-likeness (QED) is 0.772. The molecule has 0 saturated heterocycles. The van der Waals surface area contributed by atoms with Crippen LogP contribution in [-0.4, -0.2) is 28.0 Å². The summed E-state index contributed by atoms with van der Waals surface area (Å²) in [5, 5.41) is 7.91. The van der Waals surface area contributed by atoms with E-state index in [0.29, 0.717) is 5.56 Å². The van der Waals surface area contributed by atoms with E-state index in [-0.39, 0.29) is 17.4 Å². The van der Waals surface area contributed by atoms with Crippen LogP contribution < -0.4 is 10.5 Å². The molecule has 0 atom stereocenters. The molecule has 0 unspecified atom stereocenters. The molecule has 0 aliphatic rings. The third-order valence-electron chi connectivity index (χ3n) is 2.41. The maximum atomic E-state index is 12.1. The fourth-order valence-corrected chi connectivity index (χ4v) is 2.74. The average molecular weight is 270 g/mol. The van der Waals surface area contributed by atoms with Crippen molar-refractivity contribution < 1.29 is 8.42 Å². The molecule has 8 nitrogen and oxygen atoms in total. The van der Waals surface area contributed by atoms with Crippen LogP contribution >= 0.6 is 0 Å². The maximum absolute atomic E-state index is 12.1. The first kappa shape index (κ1) is 12.6. The molecule has 0 saturated carbocycles. The number of nitrogens with one attached hydrogen (secondary N) is 1. The number of aryl methyl sites for hydroxylation is 2. The van der Waals surface area contributed by atoms with Crippen LogP contribution in [0, 0.1) is 0 Å². The van der Waals surface area contributed by atoms with Gasteiger partial charge in [0.1, 0.15) is 0 Å². The Balaban J connectivity index is 2.36.